The molecule has 0 saturated carbocycles. The van der Waals surface area contributed by atoms with E-state index in [-0.39, 0.29) is 30.0 Å². The largest absolute Gasteiger partial charge is 0.350 e. The van der Waals surface area contributed by atoms with Crippen LogP contribution < -0.4 is 10.6 Å². The van der Waals surface area contributed by atoms with Crippen LogP contribution in [0.1, 0.15) is 59.1 Å². The minimum atomic E-state index is -1.12. The van der Waals surface area contributed by atoms with E-state index in [9.17, 15) is 14.4 Å². The zero-order valence-corrected chi connectivity index (χ0v) is 20.0. The first-order valence-electron chi connectivity index (χ1n) is 12.1. The minimum absolute atomic E-state index is 0.173. The number of hydrogen-bond acceptors (Lipinski definition) is 5. The molecule has 9 nitrogen and oxygen atoms in total. The predicted octanol–water partition coefficient (Wildman–Crippen LogP) is 1.65. The van der Waals surface area contributed by atoms with Gasteiger partial charge in [-0.2, -0.15) is 5.10 Å². The number of nitrogens with one attached hydrogen (secondary N) is 2. The summed E-state index contributed by atoms with van der Waals surface area (Å²) in [6.45, 7) is 5.74. The number of rotatable bonds is 7. The topological polar surface area (TPSA) is 99.6 Å². The molecule has 0 spiro atoms. The van der Waals surface area contributed by atoms with E-state index in [0.717, 1.165) is 25.2 Å². The number of aromatic nitrogens is 2. The fraction of sp³-hybridized carbons (Fsp3) is 0.520. The van der Waals surface area contributed by atoms with E-state index in [4.69, 9.17) is 0 Å². The fourth-order valence-electron chi connectivity index (χ4n) is 4.58. The molecule has 4 rings (SSSR count). The molecule has 3 heterocycles. The van der Waals surface area contributed by atoms with Crippen LogP contribution in [0.2, 0.25) is 0 Å². The molecule has 1 saturated heterocycles. The number of benzene rings is 1. The Labute approximate surface area is 200 Å². The highest BCUT2D eigenvalue weighted by atomic mass is 16.2. The van der Waals surface area contributed by atoms with Crippen molar-refractivity contribution >= 4 is 17.7 Å². The lowest BCUT2D eigenvalue weighted by atomic mass is 9.96. The Morgan fingerprint density at radius 3 is 2.47 bits per heavy atom. The lowest BCUT2D eigenvalue weighted by Gasteiger charge is -2.40. The summed E-state index contributed by atoms with van der Waals surface area (Å²) in [5.41, 5.74) is 0.365. The summed E-state index contributed by atoms with van der Waals surface area (Å²) in [5.74, 6) is -0.904. The van der Waals surface area contributed by atoms with Crippen LogP contribution in [0.5, 0.6) is 0 Å². The maximum Gasteiger partial charge on any atom is 0.272 e. The predicted molar refractivity (Wildman–Crippen MR) is 128 cm³/mol. The molecule has 2 N–H and O–H groups in total. The van der Waals surface area contributed by atoms with Gasteiger partial charge in [0.2, 0.25) is 5.91 Å². The van der Waals surface area contributed by atoms with Gasteiger partial charge in [0.1, 0.15) is 11.2 Å². The summed E-state index contributed by atoms with van der Waals surface area (Å²) in [4.78, 5) is 42.7. The Balaban J connectivity index is 1.38. The van der Waals surface area contributed by atoms with Crippen molar-refractivity contribution in [3.05, 3.63) is 53.3 Å². The molecule has 1 aromatic heterocycles. The van der Waals surface area contributed by atoms with Crippen molar-refractivity contribution < 1.29 is 14.4 Å². The van der Waals surface area contributed by atoms with Gasteiger partial charge < -0.3 is 20.4 Å². The van der Waals surface area contributed by atoms with Crippen molar-refractivity contribution in [2.45, 2.75) is 51.2 Å². The van der Waals surface area contributed by atoms with Crippen molar-refractivity contribution in [3.63, 3.8) is 0 Å². The SMILES string of the molecule is CN1C(=O)c2cc(C(=O)NCCN3CCCCCC3)nn2C[C@@]1(C)C(=O)NCc1ccccc1. The quantitative estimate of drug-likeness (QED) is 0.647. The van der Waals surface area contributed by atoms with Gasteiger partial charge in [0.05, 0.1) is 6.54 Å². The van der Waals surface area contributed by atoms with Gasteiger partial charge in [0.25, 0.3) is 11.8 Å². The Morgan fingerprint density at radius 1 is 1.06 bits per heavy atom. The number of likely N-dealkylation sites (N-methyl/N-ethyl adjacent to an activating group) is 1. The number of amides is 3. The van der Waals surface area contributed by atoms with Crippen LogP contribution in [0.15, 0.2) is 36.4 Å². The normalized spacial score (nSPS) is 21.0. The molecular formula is C25H34N6O3. The maximum absolute atomic E-state index is 13.1. The van der Waals surface area contributed by atoms with Crippen LogP contribution in [-0.2, 0) is 17.9 Å². The van der Waals surface area contributed by atoms with E-state index in [2.05, 4.69) is 20.6 Å². The second kappa shape index (κ2) is 10.4. The molecule has 1 atom stereocenters. The molecule has 2 aliphatic heterocycles. The zero-order valence-electron chi connectivity index (χ0n) is 20.0. The number of fused-ring (bicyclic) bond motifs is 1. The highest BCUT2D eigenvalue weighted by Crippen LogP contribution is 2.26. The van der Waals surface area contributed by atoms with E-state index in [0.29, 0.717) is 18.8 Å². The first-order chi connectivity index (χ1) is 16.4. The maximum atomic E-state index is 13.1. The highest BCUT2D eigenvalue weighted by Gasteiger charge is 2.46. The number of likely N-dealkylation sites (tertiary alicyclic amines) is 1. The van der Waals surface area contributed by atoms with Crippen LogP contribution in [0.4, 0.5) is 0 Å². The molecule has 1 aromatic carbocycles. The molecule has 3 amide bonds. The second-order valence-corrected chi connectivity index (χ2v) is 9.39. The van der Waals surface area contributed by atoms with Crippen molar-refractivity contribution in [1.29, 1.82) is 0 Å². The lowest BCUT2D eigenvalue weighted by Crippen LogP contribution is -2.62. The molecule has 0 bridgehead atoms. The molecule has 2 aromatic rings. The molecule has 182 valence electrons. The number of carbonyl (C=O) groups is 3. The van der Waals surface area contributed by atoms with Gasteiger partial charge >= 0.3 is 0 Å². The van der Waals surface area contributed by atoms with Crippen LogP contribution in [0, 0.1) is 0 Å². The van der Waals surface area contributed by atoms with Gasteiger partial charge in [-0.05, 0) is 38.4 Å². The van der Waals surface area contributed by atoms with Gasteiger partial charge in [0, 0.05) is 32.7 Å². The first kappa shape index (κ1) is 23.9. The summed E-state index contributed by atoms with van der Waals surface area (Å²) in [6.07, 6.45) is 4.95. The molecule has 34 heavy (non-hydrogen) atoms. The van der Waals surface area contributed by atoms with E-state index in [1.807, 2.05) is 30.3 Å². The molecule has 0 aliphatic carbocycles. The summed E-state index contributed by atoms with van der Waals surface area (Å²) in [7, 11) is 1.61. The van der Waals surface area contributed by atoms with Gasteiger partial charge in [-0.15, -0.1) is 0 Å². The van der Waals surface area contributed by atoms with E-state index in [1.54, 1.807) is 14.0 Å². The Hall–Kier alpha value is -3.20. The summed E-state index contributed by atoms with van der Waals surface area (Å²) in [6, 6.07) is 11.1. The number of carbonyl (C=O) groups excluding carboxylic acids is 3. The molecular weight excluding hydrogens is 432 g/mol. The minimum Gasteiger partial charge on any atom is -0.350 e. The van der Waals surface area contributed by atoms with Crippen LogP contribution in [0.25, 0.3) is 0 Å². The van der Waals surface area contributed by atoms with Crippen molar-refractivity contribution in [2.24, 2.45) is 0 Å². The fourth-order valence-corrected chi connectivity index (χ4v) is 4.58. The average molecular weight is 467 g/mol. The van der Waals surface area contributed by atoms with Crippen molar-refractivity contribution in [1.82, 2.24) is 30.2 Å². The molecule has 0 radical (unpaired) electrons. The molecule has 0 unspecified atom stereocenters. The van der Waals surface area contributed by atoms with Crippen molar-refractivity contribution in [2.75, 3.05) is 33.2 Å². The van der Waals surface area contributed by atoms with Gasteiger partial charge in [-0.1, -0.05) is 43.2 Å². The number of nitrogens with zero attached hydrogens (tertiary/aromatic N) is 4. The van der Waals surface area contributed by atoms with Gasteiger partial charge in [-0.25, -0.2) is 0 Å². The van der Waals surface area contributed by atoms with E-state index >= 15 is 0 Å². The van der Waals surface area contributed by atoms with Crippen LogP contribution in [-0.4, -0.2) is 76.1 Å². The Kier molecular flexibility index (Phi) is 7.31. The summed E-state index contributed by atoms with van der Waals surface area (Å²) < 4.78 is 1.48. The molecule has 9 heteroatoms. The third-order valence-corrected chi connectivity index (χ3v) is 6.93. The van der Waals surface area contributed by atoms with Crippen molar-refractivity contribution in [3.8, 4) is 0 Å². The standard InChI is InChI=1S/C25H34N6O3/c1-25(24(34)27-17-19-10-6-5-7-11-19)18-31-21(23(33)29(25)2)16-20(28-31)22(32)26-12-15-30-13-8-3-4-9-14-30/h5-7,10-11,16H,3-4,8-9,12-15,17-18H2,1-2H3,(H,26,32)(H,27,34)/t25-/m0/s1. The van der Waals surface area contributed by atoms with Crippen LogP contribution >= 0.6 is 0 Å². The average Bonchev–Trinajstić information content (AvgIpc) is 3.09. The van der Waals surface area contributed by atoms with Crippen LogP contribution in [0.3, 0.4) is 0 Å². The molecule has 2 aliphatic rings. The molecule has 1 fully saturated rings. The Bertz CT molecular complexity index is 1030. The number of hydrogen-bond donors (Lipinski definition) is 2. The second-order valence-electron chi connectivity index (χ2n) is 9.39. The smallest absolute Gasteiger partial charge is 0.272 e. The third-order valence-electron chi connectivity index (χ3n) is 6.93. The van der Waals surface area contributed by atoms with Gasteiger partial charge in [-0.3, -0.25) is 19.1 Å². The van der Waals surface area contributed by atoms with E-state index in [1.165, 1.54) is 41.3 Å². The highest BCUT2D eigenvalue weighted by molar-refractivity contribution is 6.01. The third kappa shape index (κ3) is 5.14. The first-order valence-corrected chi connectivity index (χ1v) is 12.1. The lowest BCUT2D eigenvalue weighted by molar-refractivity contribution is -0.132. The summed E-state index contributed by atoms with van der Waals surface area (Å²) >= 11 is 0. The zero-order chi connectivity index (χ0) is 24.1. The van der Waals surface area contributed by atoms with Gasteiger partial charge in [0.15, 0.2) is 5.69 Å². The Morgan fingerprint density at radius 2 is 1.76 bits per heavy atom. The van der Waals surface area contributed by atoms with E-state index < -0.39 is 5.54 Å². The monoisotopic (exact) mass is 466 g/mol. The summed E-state index contributed by atoms with van der Waals surface area (Å²) in [5, 5.41) is 10.2.